The lowest BCUT2D eigenvalue weighted by molar-refractivity contribution is -0.148. The fraction of sp³-hybridized carbons (Fsp3) is 0.612. The summed E-state index contributed by atoms with van der Waals surface area (Å²) in [7, 11) is 0. The summed E-state index contributed by atoms with van der Waals surface area (Å²) in [6.45, 7) is 7.32. The number of carbonyl (C=O) groups excluding carboxylic acids is 1. The van der Waals surface area contributed by atoms with Crippen LogP contribution in [-0.4, -0.2) is 12.6 Å². The van der Waals surface area contributed by atoms with Crippen LogP contribution in [0, 0.1) is 0 Å². The molecular weight excluding hydrogens is 637 g/mol. The summed E-state index contributed by atoms with van der Waals surface area (Å²) in [4.78, 5) is 12.6. The summed E-state index contributed by atoms with van der Waals surface area (Å²) < 4.78 is 11.9. The second-order valence-electron chi connectivity index (χ2n) is 15.2. The second-order valence-corrected chi connectivity index (χ2v) is 15.2. The van der Waals surface area contributed by atoms with Gasteiger partial charge in [-0.2, -0.15) is 0 Å². The minimum atomic E-state index is -0.253. The van der Waals surface area contributed by atoms with Crippen LogP contribution < -0.4 is 4.74 Å². The summed E-state index contributed by atoms with van der Waals surface area (Å²) in [5.74, 6) is 0.853. The van der Waals surface area contributed by atoms with E-state index in [-0.39, 0.29) is 12.1 Å². The van der Waals surface area contributed by atoms with Crippen LogP contribution in [0.5, 0.6) is 5.75 Å². The molecule has 52 heavy (non-hydrogen) atoms. The van der Waals surface area contributed by atoms with E-state index in [1.54, 1.807) is 0 Å². The quantitative estimate of drug-likeness (QED) is 0.0492. The Bertz CT molecular complexity index is 1290. The number of benzene rings is 3. The van der Waals surface area contributed by atoms with E-state index >= 15 is 0 Å². The molecular formula is C49H74O3. The molecule has 3 heteroatoms. The SMILES string of the molecule is CCCCCCCCCCCCCCOc1ccc(-c2ccccc2-c2ccc(C(C)OC(=O)CCCCCCCCCCCCCC)cc2)cc1. The minimum Gasteiger partial charge on any atom is -0.494 e. The van der Waals surface area contributed by atoms with E-state index in [0.29, 0.717) is 6.42 Å². The molecule has 3 aromatic carbocycles. The molecule has 0 saturated carbocycles. The highest BCUT2D eigenvalue weighted by atomic mass is 16.5. The van der Waals surface area contributed by atoms with Gasteiger partial charge in [0.05, 0.1) is 6.61 Å². The van der Waals surface area contributed by atoms with Crippen LogP contribution in [0.15, 0.2) is 72.8 Å². The van der Waals surface area contributed by atoms with Crippen molar-refractivity contribution < 1.29 is 14.3 Å². The number of ether oxygens (including phenoxy) is 2. The third-order valence-electron chi connectivity index (χ3n) is 10.6. The van der Waals surface area contributed by atoms with Crippen LogP contribution in [0.3, 0.4) is 0 Å². The Morgan fingerprint density at radius 2 is 0.865 bits per heavy atom. The highest BCUT2D eigenvalue weighted by Crippen LogP contribution is 2.34. The first kappa shape index (κ1) is 43.3. The van der Waals surface area contributed by atoms with Gasteiger partial charge in [-0.05, 0) is 59.7 Å². The first-order valence-corrected chi connectivity index (χ1v) is 21.7. The van der Waals surface area contributed by atoms with E-state index in [0.717, 1.165) is 42.7 Å². The molecule has 0 radical (unpaired) electrons. The number of hydrogen-bond donors (Lipinski definition) is 0. The zero-order valence-corrected chi connectivity index (χ0v) is 33.6. The van der Waals surface area contributed by atoms with Gasteiger partial charge in [0.1, 0.15) is 11.9 Å². The second kappa shape index (κ2) is 28.4. The van der Waals surface area contributed by atoms with Crippen LogP contribution in [0.25, 0.3) is 22.3 Å². The van der Waals surface area contributed by atoms with Crippen molar-refractivity contribution in [3.63, 3.8) is 0 Å². The Labute approximate surface area is 319 Å². The lowest BCUT2D eigenvalue weighted by atomic mass is 9.93. The molecule has 0 aliphatic carbocycles. The topological polar surface area (TPSA) is 35.5 Å². The summed E-state index contributed by atoms with van der Waals surface area (Å²) in [5.41, 5.74) is 5.75. The number of esters is 1. The molecule has 0 aliphatic heterocycles. The molecule has 0 heterocycles. The molecule has 3 rings (SSSR count). The zero-order chi connectivity index (χ0) is 36.9. The van der Waals surface area contributed by atoms with Crippen molar-refractivity contribution in [2.75, 3.05) is 6.61 Å². The van der Waals surface area contributed by atoms with E-state index in [2.05, 4.69) is 86.6 Å². The van der Waals surface area contributed by atoms with Crippen molar-refractivity contribution in [3.05, 3.63) is 78.4 Å². The lowest BCUT2D eigenvalue weighted by Crippen LogP contribution is -2.08. The van der Waals surface area contributed by atoms with Crippen molar-refractivity contribution in [1.82, 2.24) is 0 Å². The summed E-state index contributed by atoms with van der Waals surface area (Å²) in [5, 5.41) is 0. The number of hydrogen-bond acceptors (Lipinski definition) is 3. The zero-order valence-electron chi connectivity index (χ0n) is 33.6. The van der Waals surface area contributed by atoms with Gasteiger partial charge in [0.25, 0.3) is 0 Å². The highest BCUT2D eigenvalue weighted by molar-refractivity contribution is 5.83. The molecule has 0 fully saturated rings. The van der Waals surface area contributed by atoms with Gasteiger partial charge < -0.3 is 9.47 Å². The van der Waals surface area contributed by atoms with Gasteiger partial charge in [-0.15, -0.1) is 0 Å². The van der Waals surface area contributed by atoms with Gasteiger partial charge in [-0.3, -0.25) is 4.79 Å². The van der Waals surface area contributed by atoms with Crippen molar-refractivity contribution in [1.29, 1.82) is 0 Å². The molecule has 288 valence electrons. The minimum absolute atomic E-state index is 0.0875. The number of rotatable bonds is 31. The monoisotopic (exact) mass is 711 g/mol. The molecule has 3 aromatic rings. The largest absolute Gasteiger partial charge is 0.494 e. The van der Waals surface area contributed by atoms with E-state index in [1.807, 2.05) is 6.92 Å². The lowest BCUT2D eigenvalue weighted by Gasteiger charge is -2.15. The van der Waals surface area contributed by atoms with E-state index in [9.17, 15) is 4.79 Å². The fourth-order valence-corrected chi connectivity index (χ4v) is 7.22. The molecule has 1 unspecified atom stereocenters. The standard InChI is InChI=1S/C49H74O3/c1-4-6-8-10-12-14-16-18-20-22-24-26-32-49(50)52-42(3)43-33-35-44(36-34-43)47-30-27-28-31-48(47)45-37-39-46(40-38-45)51-41-29-25-23-21-19-17-15-13-11-9-7-5-2/h27-28,30-31,33-40,42H,4-26,29,32,41H2,1-3H3. The number of carbonyl (C=O) groups is 1. The number of unbranched alkanes of at least 4 members (excludes halogenated alkanes) is 22. The van der Waals surface area contributed by atoms with Crippen LogP contribution in [0.1, 0.15) is 193 Å². The maximum Gasteiger partial charge on any atom is 0.306 e. The smallest absolute Gasteiger partial charge is 0.306 e. The Hall–Kier alpha value is -3.07. The van der Waals surface area contributed by atoms with E-state index in [1.165, 1.54) is 152 Å². The van der Waals surface area contributed by atoms with Crippen LogP contribution in [0.4, 0.5) is 0 Å². The van der Waals surface area contributed by atoms with Crippen molar-refractivity contribution >= 4 is 5.97 Å². The van der Waals surface area contributed by atoms with Gasteiger partial charge in [0.15, 0.2) is 0 Å². The van der Waals surface area contributed by atoms with Gasteiger partial charge in [-0.1, -0.05) is 216 Å². The molecule has 0 bridgehead atoms. The molecule has 0 saturated heterocycles. The van der Waals surface area contributed by atoms with Crippen molar-refractivity contribution in [3.8, 4) is 28.0 Å². The normalized spacial score (nSPS) is 11.8. The molecule has 0 aromatic heterocycles. The molecule has 1 atom stereocenters. The van der Waals surface area contributed by atoms with Gasteiger partial charge in [0.2, 0.25) is 0 Å². The Morgan fingerprint density at radius 3 is 1.31 bits per heavy atom. The predicted molar refractivity (Wildman–Crippen MR) is 224 cm³/mol. The third kappa shape index (κ3) is 18.6. The Balaban J connectivity index is 1.32. The highest BCUT2D eigenvalue weighted by Gasteiger charge is 2.13. The van der Waals surface area contributed by atoms with Crippen LogP contribution in [0.2, 0.25) is 0 Å². The molecule has 3 nitrogen and oxygen atoms in total. The first-order valence-electron chi connectivity index (χ1n) is 21.7. The molecule has 0 spiro atoms. The third-order valence-corrected chi connectivity index (χ3v) is 10.6. The van der Waals surface area contributed by atoms with Crippen molar-refractivity contribution in [2.45, 2.75) is 187 Å². The Kier molecular flexibility index (Phi) is 23.7. The van der Waals surface area contributed by atoms with Crippen LogP contribution >= 0.6 is 0 Å². The Morgan fingerprint density at radius 1 is 0.481 bits per heavy atom. The van der Waals surface area contributed by atoms with E-state index in [4.69, 9.17) is 9.47 Å². The maximum absolute atomic E-state index is 12.6. The van der Waals surface area contributed by atoms with E-state index < -0.39 is 0 Å². The van der Waals surface area contributed by atoms with Gasteiger partial charge in [0, 0.05) is 6.42 Å². The molecule has 0 amide bonds. The average molecular weight is 711 g/mol. The summed E-state index contributed by atoms with van der Waals surface area (Å²) in [6, 6.07) is 25.6. The maximum atomic E-state index is 12.6. The molecule has 0 aliphatic rings. The summed E-state index contributed by atoms with van der Waals surface area (Å²) in [6.07, 6.45) is 32.0. The summed E-state index contributed by atoms with van der Waals surface area (Å²) >= 11 is 0. The van der Waals surface area contributed by atoms with Gasteiger partial charge >= 0.3 is 5.97 Å². The first-order chi connectivity index (χ1) is 25.6. The van der Waals surface area contributed by atoms with Crippen LogP contribution in [-0.2, 0) is 9.53 Å². The van der Waals surface area contributed by atoms with Crippen molar-refractivity contribution in [2.24, 2.45) is 0 Å². The average Bonchev–Trinajstić information content (AvgIpc) is 3.17. The predicted octanol–water partition coefficient (Wildman–Crippen LogP) is 15.8. The fourth-order valence-electron chi connectivity index (χ4n) is 7.22. The van der Waals surface area contributed by atoms with Gasteiger partial charge in [-0.25, -0.2) is 0 Å². The molecule has 0 N–H and O–H groups in total.